The van der Waals surface area contributed by atoms with Gasteiger partial charge in [-0.05, 0) is 37.9 Å². The van der Waals surface area contributed by atoms with E-state index in [-0.39, 0.29) is 5.78 Å². The van der Waals surface area contributed by atoms with Gasteiger partial charge in [0.05, 0.1) is 0 Å². The molecule has 1 heterocycles. The number of rotatable bonds is 5. The second-order valence-corrected chi connectivity index (χ2v) is 3.42. The molecule has 1 aromatic heterocycles. The van der Waals surface area contributed by atoms with Gasteiger partial charge >= 0.3 is 0 Å². The summed E-state index contributed by atoms with van der Waals surface area (Å²) in [6.45, 7) is 2.59. The SMILES string of the molecule is Cc1cncc(C(=O)CCCCN)c1. The summed E-state index contributed by atoms with van der Waals surface area (Å²) in [7, 11) is 0. The Balaban J connectivity index is 2.52. The molecule has 0 saturated carbocycles. The van der Waals surface area contributed by atoms with Gasteiger partial charge in [0.1, 0.15) is 0 Å². The molecule has 0 aliphatic carbocycles. The number of unbranched alkanes of at least 4 members (excludes halogenated alkanes) is 1. The first-order valence-electron chi connectivity index (χ1n) is 4.89. The Bertz CT molecular complexity index is 310. The summed E-state index contributed by atoms with van der Waals surface area (Å²) in [6, 6.07) is 1.87. The quantitative estimate of drug-likeness (QED) is 0.570. The zero-order chi connectivity index (χ0) is 10.4. The number of aryl methyl sites for hydroxylation is 1. The maximum Gasteiger partial charge on any atom is 0.164 e. The lowest BCUT2D eigenvalue weighted by Crippen LogP contribution is -2.03. The largest absolute Gasteiger partial charge is 0.330 e. The highest BCUT2D eigenvalue weighted by molar-refractivity contribution is 5.95. The molecule has 3 heteroatoms. The van der Waals surface area contributed by atoms with Gasteiger partial charge in [-0.15, -0.1) is 0 Å². The summed E-state index contributed by atoms with van der Waals surface area (Å²) in [4.78, 5) is 15.6. The predicted octanol–water partition coefficient (Wildman–Crippen LogP) is 1.70. The third-order valence-electron chi connectivity index (χ3n) is 2.05. The van der Waals surface area contributed by atoms with Crippen molar-refractivity contribution in [2.45, 2.75) is 26.2 Å². The highest BCUT2D eigenvalue weighted by Gasteiger charge is 2.05. The molecule has 0 amide bonds. The van der Waals surface area contributed by atoms with Crippen molar-refractivity contribution in [1.82, 2.24) is 4.98 Å². The summed E-state index contributed by atoms with van der Waals surface area (Å²) < 4.78 is 0. The van der Waals surface area contributed by atoms with Gasteiger partial charge in [0.25, 0.3) is 0 Å². The predicted molar refractivity (Wildman–Crippen MR) is 56.2 cm³/mol. The molecule has 0 bridgehead atoms. The number of Topliss-reactive ketones (excluding diaryl/α,β-unsaturated/α-hetero) is 1. The zero-order valence-corrected chi connectivity index (χ0v) is 8.49. The molecule has 0 aliphatic rings. The molecular formula is C11H16N2O. The van der Waals surface area contributed by atoms with E-state index in [2.05, 4.69) is 4.98 Å². The Morgan fingerprint density at radius 3 is 2.86 bits per heavy atom. The first kappa shape index (κ1) is 10.9. The standard InChI is InChI=1S/C11H16N2O/c1-9-6-10(8-13-7-9)11(14)4-2-3-5-12/h6-8H,2-5,12H2,1H3. The molecule has 14 heavy (non-hydrogen) atoms. The number of carbonyl (C=O) groups is 1. The monoisotopic (exact) mass is 192 g/mol. The van der Waals surface area contributed by atoms with Gasteiger partial charge in [0.2, 0.25) is 0 Å². The van der Waals surface area contributed by atoms with Crippen LogP contribution < -0.4 is 5.73 Å². The molecule has 0 atom stereocenters. The minimum atomic E-state index is 0.162. The van der Waals surface area contributed by atoms with Crippen LogP contribution in [0, 0.1) is 6.92 Å². The summed E-state index contributed by atoms with van der Waals surface area (Å²) >= 11 is 0. The molecule has 2 N–H and O–H groups in total. The first-order chi connectivity index (χ1) is 6.74. The van der Waals surface area contributed by atoms with E-state index in [0.29, 0.717) is 18.5 Å². The minimum Gasteiger partial charge on any atom is -0.330 e. The van der Waals surface area contributed by atoms with Crippen molar-refractivity contribution in [1.29, 1.82) is 0 Å². The Morgan fingerprint density at radius 2 is 2.21 bits per heavy atom. The molecule has 1 rings (SSSR count). The van der Waals surface area contributed by atoms with Gasteiger partial charge in [-0.25, -0.2) is 0 Å². The molecule has 0 unspecified atom stereocenters. The molecular weight excluding hydrogens is 176 g/mol. The van der Waals surface area contributed by atoms with E-state index in [9.17, 15) is 4.79 Å². The summed E-state index contributed by atoms with van der Waals surface area (Å²) in [6.07, 6.45) is 5.71. The van der Waals surface area contributed by atoms with Gasteiger partial charge in [0.15, 0.2) is 5.78 Å². The van der Waals surface area contributed by atoms with E-state index in [1.165, 1.54) is 0 Å². The summed E-state index contributed by atoms with van der Waals surface area (Å²) in [5, 5.41) is 0. The van der Waals surface area contributed by atoms with Gasteiger partial charge in [0, 0.05) is 24.4 Å². The molecule has 0 saturated heterocycles. The molecule has 76 valence electrons. The van der Waals surface area contributed by atoms with Crippen LogP contribution in [0.2, 0.25) is 0 Å². The lowest BCUT2D eigenvalue weighted by molar-refractivity contribution is 0.0979. The smallest absolute Gasteiger partial charge is 0.164 e. The molecule has 0 aromatic carbocycles. The fourth-order valence-corrected chi connectivity index (χ4v) is 1.28. The first-order valence-corrected chi connectivity index (χ1v) is 4.89. The van der Waals surface area contributed by atoms with Crippen LogP contribution in [0.25, 0.3) is 0 Å². The van der Waals surface area contributed by atoms with Crippen LogP contribution in [-0.2, 0) is 0 Å². The van der Waals surface area contributed by atoms with Crippen LogP contribution in [0.4, 0.5) is 0 Å². The highest BCUT2D eigenvalue weighted by atomic mass is 16.1. The number of aromatic nitrogens is 1. The Morgan fingerprint density at radius 1 is 1.43 bits per heavy atom. The van der Waals surface area contributed by atoms with Crippen LogP contribution in [0.5, 0.6) is 0 Å². The Kier molecular flexibility index (Phi) is 4.26. The van der Waals surface area contributed by atoms with Gasteiger partial charge in [-0.2, -0.15) is 0 Å². The molecule has 0 fully saturated rings. The van der Waals surface area contributed by atoms with Gasteiger partial charge in [-0.1, -0.05) is 0 Å². The lowest BCUT2D eigenvalue weighted by Gasteiger charge is -2.00. The number of carbonyl (C=O) groups excluding carboxylic acids is 1. The number of nitrogens with zero attached hydrogens (tertiary/aromatic N) is 1. The van der Waals surface area contributed by atoms with Crippen molar-refractivity contribution in [2.24, 2.45) is 5.73 Å². The fraction of sp³-hybridized carbons (Fsp3) is 0.455. The van der Waals surface area contributed by atoms with Crippen molar-refractivity contribution < 1.29 is 4.79 Å². The number of hydrogen-bond donors (Lipinski definition) is 1. The number of hydrogen-bond acceptors (Lipinski definition) is 3. The van der Waals surface area contributed by atoms with Crippen LogP contribution >= 0.6 is 0 Å². The average molecular weight is 192 g/mol. The molecule has 0 radical (unpaired) electrons. The van der Waals surface area contributed by atoms with Crippen LogP contribution in [0.15, 0.2) is 18.5 Å². The van der Waals surface area contributed by atoms with Crippen molar-refractivity contribution in [3.05, 3.63) is 29.6 Å². The number of nitrogens with two attached hydrogens (primary N) is 1. The van der Waals surface area contributed by atoms with E-state index in [1.54, 1.807) is 12.4 Å². The van der Waals surface area contributed by atoms with Gasteiger partial charge < -0.3 is 5.73 Å². The number of ketones is 1. The fourth-order valence-electron chi connectivity index (χ4n) is 1.28. The highest BCUT2D eigenvalue weighted by Crippen LogP contribution is 2.07. The molecule has 0 aliphatic heterocycles. The van der Waals surface area contributed by atoms with E-state index in [0.717, 1.165) is 18.4 Å². The summed E-state index contributed by atoms with van der Waals surface area (Å²) in [5.41, 5.74) is 7.09. The van der Waals surface area contributed by atoms with Crippen molar-refractivity contribution in [3.63, 3.8) is 0 Å². The van der Waals surface area contributed by atoms with Crippen molar-refractivity contribution >= 4 is 5.78 Å². The Hall–Kier alpha value is -1.22. The second-order valence-electron chi connectivity index (χ2n) is 3.42. The number of pyridine rings is 1. The van der Waals surface area contributed by atoms with E-state index in [4.69, 9.17) is 5.73 Å². The third-order valence-corrected chi connectivity index (χ3v) is 2.05. The van der Waals surface area contributed by atoms with Crippen LogP contribution in [0.3, 0.4) is 0 Å². The van der Waals surface area contributed by atoms with E-state index in [1.807, 2.05) is 13.0 Å². The van der Waals surface area contributed by atoms with Crippen LogP contribution in [-0.4, -0.2) is 17.3 Å². The van der Waals surface area contributed by atoms with Crippen molar-refractivity contribution in [3.8, 4) is 0 Å². The maximum absolute atomic E-state index is 11.6. The van der Waals surface area contributed by atoms with Gasteiger partial charge in [-0.3, -0.25) is 9.78 Å². The van der Waals surface area contributed by atoms with Crippen molar-refractivity contribution in [2.75, 3.05) is 6.54 Å². The van der Waals surface area contributed by atoms with E-state index >= 15 is 0 Å². The average Bonchev–Trinajstić information content (AvgIpc) is 2.18. The Labute approximate surface area is 84.3 Å². The topological polar surface area (TPSA) is 56.0 Å². The normalized spacial score (nSPS) is 10.1. The minimum absolute atomic E-state index is 0.162. The zero-order valence-electron chi connectivity index (χ0n) is 8.49. The lowest BCUT2D eigenvalue weighted by atomic mass is 10.1. The molecule has 0 spiro atoms. The molecule has 3 nitrogen and oxygen atoms in total. The van der Waals surface area contributed by atoms with E-state index < -0.39 is 0 Å². The maximum atomic E-state index is 11.6. The molecule has 1 aromatic rings. The third kappa shape index (κ3) is 3.26. The van der Waals surface area contributed by atoms with Crippen LogP contribution in [0.1, 0.15) is 35.2 Å². The second kappa shape index (κ2) is 5.50. The summed E-state index contributed by atoms with van der Waals surface area (Å²) in [5.74, 6) is 0.162.